The Balaban J connectivity index is 2.50. The summed E-state index contributed by atoms with van der Waals surface area (Å²) in [6.45, 7) is 16.0. The molecule has 2 bridgehead atoms. The summed E-state index contributed by atoms with van der Waals surface area (Å²) in [6.07, 6.45) is -5.81. The van der Waals surface area contributed by atoms with E-state index in [0.29, 0.717) is 11.1 Å². The van der Waals surface area contributed by atoms with E-state index in [-0.39, 0.29) is 24.2 Å². The highest BCUT2D eigenvalue weighted by Gasteiger charge is 2.67. The van der Waals surface area contributed by atoms with E-state index >= 15 is 0 Å². The lowest BCUT2D eigenvalue weighted by Gasteiger charge is -2.60. The van der Waals surface area contributed by atoms with Crippen LogP contribution in [0.25, 0.3) is 0 Å². The van der Waals surface area contributed by atoms with E-state index in [1.807, 2.05) is 13.8 Å². The maximum Gasteiger partial charge on any atom is 0.303 e. The molecule has 210 valence electrons. The van der Waals surface area contributed by atoms with Gasteiger partial charge in [0.05, 0.1) is 11.5 Å². The topological polar surface area (TPSA) is 143 Å². The van der Waals surface area contributed by atoms with Crippen molar-refractivity contribution in [3.8, 4) is 0 Å². The zero-order valence-corrected chi connectivity index (χ0v) is 23.3. The van der Waals surface area contributed by atoms with Gasteiger partial charge in [0, 0.05) is 52.4 Å². The van der Waals surface area contributed by atoms with Crippen LogP contribution in [-0.4, -0.2) is 65.3 Å². The van der Waals surface area contributed by atoms with Crippen LogP contribution < -0.4 is 0 Å². The van der Waals surface area contributed by atoms with Gasteiger partial charge in [-0.1, -0.05) is 27.4 Å². The molecule has 2 saturated carbocycles. The fourth-order valence-electron chi connectivity index (χ4n) is 6.98. The van der Waals surface area contributed by atoms with E-state index < -0.39 is 77.1 Å². The number of Topliss-reactive ketones (excluding diaryl/α,β-unsaturated/α-hetero) is 1. The molecule has 0 spiro atoms. The van der Waals surface area contributed by atoms with E-state index in [2.05, 4.69) is 6.58 Å². The van der Waals surface area contributed by atoms with Gasteiger partial charge in [-0.2, -0.15) is 0 Å². The summed E-state index contributed by atoms with van der Waals surface area (Å²) in [5, 5.41) is 11.1. The number of rotatable bonds is 4. The number of allylic oxidation sites excluding steroid dienone is 1. The molecule has 0 aromatic heterocycles. The molecule has 0 heterocycles. The molecule has 0 radical (unpaired) electrons. The van der Waals surface area contributed by atoms with Crippen LogP contribution in [0, 0.1) is 22.7 Å². The summed E-state index contributed by atoms with van der Waals surface area (Å²) >= 11 is 0. The first kappa shape index (κ1) is 29.5. The van der Waals surface area contributed by atoms with Crippen LogP contribution in [0.2, 0.25) is 0 Å². The van der Waals surface area contributed by atoms with Gasteiger partial charge in [-0.25, -0.2) is 0 Å². The average molecular weight is 535 g/mol. The Kier molecular flexibility index (Phi) is 7.99. The van der Waals surface area contributed by atoms with E-state index in [0.717, 1.165) is 0 Å². The molecular weight excluding hydrogens is 496 g/mol. The molecule has 0 unspecified atom stereocenters. The number of hydrogen-bond acceptors (Lipinski definition) is 10. The Labute approximate surface area is 222 Å². The van der Waals surface area contributed by atoms with Crippen molar-refractivity contribution < 1.29 is 48.0 Å². The van der Waals surface area contributed by atoms with Gasteiger partial charge in [-0.3, -0.25) is 24.0 Å². The third kappa shape index (κ3) is 4.90. The molecule has 10 nitrogen and oxygen atoms in total. The number of ether oxygens (including phenoxy) is 4. The molecule has 0 saturated heterocycles. The number of carbonyl (C=O) groups is 5. The summed E-state index contributed by atoms with van der Waals surface area (Å²) in [5.74, 6) is -4.44. The standard InChI is InChI=1S/C28H38O10/c1-12-19(33)10-18-24(36-15(4)30)23-13(2)20(34)11-21(35-14(3)29)28(23,9)26(38-17(6)32)25(37-16(5)31)22(12)27(18,7)8/h18,20-21,23-26,34H,2,10-11H2,1,3-9H3/t18-,20-,21-,23-,24+,25+,26-,28+/m0/s1. The first-order valence-electron chi connectivity index (χ1n) is 12.7. The van der Waals surface area contributed by atoms with Gasteiger partial charge in [0.15, 0.2) is 18.0 Å². The average Bonchev–Trinajstić information content (AvgIpc) is 2.75. The predicted molar refractivity (Wildman–Crippen MR) is 133 cm³/mol. The lowest BCUT2D eigenvalue weighted by Crippen LogP contribution is -2.68. The zero-order valence-electron chi connectivity index (χ0n) is 23.3. The molecule has 0 aliphatic heterocycles. The van der Waals surface area contributed by atoms with Crippen molar-refractivity contribution in [2.24, 2.45) is 22.7 Å². The van der Waals surface area contributed by atoms with Crippen molar-refractivity contribution in [2.45, 2.75) is 98.8 Å². The Morgan fingerprint density at radius 1 is 0.895 bits per heavy atom. The highest BCUT2D eigenvalue weighted by Crippen LogP contribution is 2.60. The molecule has 0 aromatic carbocycles. The summed E-state index contributed by atoms with van der Waals surface area (Å²) < 4.78 is 23.4. The lowest BCUT2D eigenvalue weighted by atomic mass is 9.48. The SMILES string of the molecule is C=C1[C@@H](O)C[C@H](OC(C)=O)[C@@]2(C)[C@@H](OC(C)=O)[C@H](OC(C)=O)C3=C(C)C(=O)C[C@@H]([C@@H](OC(C)=O)[C@H]12)C3(C)C. The summed E-state index contributed by atoms with van der Waals surface area (Å²) in [6, 6.07) is 0. The van der Waals surface area contributed by atoms with Crippen molar-refractivity contribution in [3.63, 3.8) is 0 Å². The molecule has 0 aromatic rings. The maximum absolute atomic E-state index is 13.4. The van der Waals surface area contributed by atoms with Gasteiger partial charge in [0.1, 0.15) is 12.2 Å². The van der Waals surface area contributed by atoms with Crippen LogP contribution in [0.3, 0.4) is 0 Å². The second-order valence-corrected chi connectivity index (χ2v) is 11.4. The van der Waals surface area contributed by atoms with Gasteiger partial charge in [-0.05, 0) is 29.1 Å². The van der Waals surface area contributed by atoms with E-state index in [4.69, 9.17) is 18.9 Å². The fraction of sp³-hybridized carbons (Fsp3) is 0.679. The molecule has 10 heteroatoms. The smallest absolute Gasteiger partial charge is 0.303 e. The highest BCUT2D eigenvalue weighted by molar-refractivity contribution is 5.97. The van der Waals surface area contributed by atoms with Gasteiger partial charge in [0.25, 0.3) is 0 Å². The van der Waals surface area contributed by atoms with Crippen LogP contribution in [0.1, 0.15) is 68.2 Å². The van der Waals surface area contributed by atoms with Gasteiger partial charge < -0.3 is 24.1 Å². The van der Waals surface area contributed by atoms with Crippen LogP contribution in [0.15, 0.2) is 23.3 Å². The number of aliphatic hydroxyl groups is 1. The van der Waals surface area contributed by atoms with Crippen LogP contribution in [-0.2, 0) is 42.9 Å². The third-order valence-electron chi connectivity index (χ3n) is 8.57. The number of esters is 4. The maximum atomic E-state index is 13.4. The molecule has 3 rings (SSSR count). The Hall–Kier alpha value is -3.01. The van der Waals surface area contributed by atoms with Crippen molar-refractivity contribution in [2.75, 3.05) is 0 Å². The molecular formula is C28H38O10. The Bertz CT molecular complexity index is 1100. The first-order valence-corrected chi connectivity index (χ1v) is 12.7. The molecule has 1 N–H and O–H groups in total. The quantitative estimate of drug-likeness (QED) is 0.325. The summed E-state index contributed by atoms with van der Waals surface area (Å²) in [7, 11) is 0. The molecule has 3 aliphatic carbocycles. The minimum atomic E-state index is -1.39. The number of aliphatic hydroxyl groups excluding tert-OH is 1. The molecule has 2 fully saturated rings. The van der Waals surface area contributed by atoms with Crippen molar-refractivity contribution >= 4 is 29.7 Å². The fourth-order valence-corrected chi connectivity index (χ4v) is 6.98. The van der Waals surface area contributed by atoms with E-state index in [1.54, 1.807) is 13.8 Å². The van der Waals surface area contributed by atoms with Gasteiger partial charge in [0.2, 0.25) is 0 Å². The van der Waals surface area contributed by atoms with E-state index in [9.17, 15) is 29.1 Å². The Morgan fingerprint density at radius 2 is 1.42 bits per heavy atom. The number of ketones is 1. The van der Waals surface area contributed by atoms with Gasteiger partial charge >= 0.3 is 23.9 Å². The zero-order chi connectivity index (χ0) is 28.9. The first-order chi connectivity index (χ1) is 17.4. The molecule has 3 aliphatic rings. The second-order valence-electron chi connectivity index (χ2n) is 11.4. The van der Waals surface area contributed by atoms with E-state index in [1.165, 1.54) is 27.7 Å². The minimum absolute atomic E-state index is 0.0134. The normalized spacial score (nSPS) is 36.3. The highest BCUT2D eigenvalue weighted by atomic mass is 16.6. The summed E-state index contributed by atoms with van der Waals surface area (Å²) in [5.41, 5.74) is -1.21. The molecule has 0 amide bonds. The van der Waals surface area contributed by atoms with Crippen LogP contribution in [0.5, 0.6) is 0 Å². The second kappa shape index (κ2) is 10.3. The molecule has 38 heavy (non-hydrogen) atoms. The van der Waals surface area contributed by atoms with Crippen molar-refractivity contribution in [1.82, 2.24) is 0 Å². The Morgan fingerprint density at radius 3 is 1.92 bits per heavy atom. The largest absolute Gasteiger partial charge is 0.462 e. The summed E-state index contributed by atoms with van der Waals surface area (Å²) in [4.78, 5) is 63.1. The number of fused-ring (bicyclic) bond motifs is 3. The van der Waals surface area contributed by atoms with Crippen molar-refractivity contribution in [1.29, 1.82) is 0 Å². The third-order valence-corrected chi connectivity index (χ3v) is 8.57. The van der Waals surface area contributed by atoms with Crippen LogP contribution in [0.4, 0.5) is 0 Å². The van der Waals surface area contributed by atoms with Gasteiger partial charge in [-0.15, -0.1) is 0 Å². The number of carbonyl (C=O) groups excluding carboxylic acids is 5. The lowest BCUT2D eigenvalue weighted by molar-refractivity contribution is -0.227. The predicted octanol–water partition coefficient (Wildman–Crippen LogP) is 2.60. The van der Waals surface area contributed by atoms with Crippen molar-refractivity contribution in [3.05, 3.63) is 23.3 Å². The monoisotopic (exact) mass is 534 g/mol. The molecule has 8 atom stereocenters. The number of hydrogen-bond donors (Lipinski definition) is 1. The van der Waals surface area contributed by atoms with Crippen LogP contribution >= 0.6 is 0 Å². The minimum Gasteiger partial charge on any atom is -0.462 e.